The molecular weight excluding hydrogens is 334 g/mol. The van der Waals surface area contributed by atoms with Crippen LogP contribution in [0.3, 0.4) is 0 Å². The van der Waals surface area contributed by atoms with Gasteiger partial charge in [-0.25, -0.2) is 4.79 Å². The molecule has 3 N–H and O–H groups in total. The number of anilines is 1. The second-order valence-corrected chi connectivity index (χ2v) is 7.68. The fraction of sp³-hybridized carbons (Fsp3) is 0.579. The summed E-state index contributed by atoms with van der Waals surface area (Å²) in [6, 6.07) is 6.54. The monoisotopic (exact) mass is 363 g/mol. The summed E-state index contributed by atoms with van der Waals surface area (Å²) in [7, 11) is 1.56. The molecular formula is C19H29N3O4. The number of hydrogen-bond acceptors (Lipinski definition) is 5. The molecule has 7 heteroatoms. The summed E-state index contributed by atoms with van der Waals surface area (Å²) in [6.07, 6.45) is -0.314. The molecule has 1 aromatic carbocycles. The Morgan fingerprint density at radius 1 is 1.38 bits per heavy atom. The Morgan fingerprint density at radius 3 is 2.69 bits per heavy atom. The number of nitrogens with zero attached hydrogens (tertiary/aromatic N) is 1. The number of benzene rings is 1. The van der Waals surface area contributed by atoms with Crippen LogP contribution in [-0.2, 0) is 16.0 Å². The molecule has 0 saturated carbocycles. The lowest BCUT2D eigenvalue weighted by atomic mass is 10.1. The van der Waals surface area contributed by atoms with E-state index in [1.54, 1.807) is 34.7 Å². The average Bonchev–Trinajstić information content (AvgIpc) is 2.71. The van der Waals surface area contributed by atoms with Crippen LogP contribution in [0, 0.1) is 0 Å². The molecule has 3 atom stereocenters. The van der Waals surface area contributed by atoms with Crippen molar-refractivity contribution in [2.45, 2.75) is 64.4 Å². The van der Waals surface area contributed by atoms with E-state index >= 15 is 0 Å². The van der Waals surface area contributed by atoms with Crippen LogP contribution in [0.2, 0.25) is 0 Å². The summed E-state index contributed by atoms with van der Waals surface area (Å²) < 4.78 is 5.31. The van der Waals surface area contributed by atoms with E-state index in [0.717, 1.165) is 17.7 Å². The first kappa shape index (κ1) is 20.2. The lowest BCUT2D eigenvalue weighted by Crippen LogP contribution is -2.55. The van der Waals surface area contributed by atoms with Crippen LogP contribution in [0.5, 0.6) is 0 Å². The van der Waals surface area contributed by atoms with Gasteiger partial charge in [0.15, 0.2) is 0 Å². The normalized spacial score (nSPS) is 19.6. The summed E-state index contributed by atoms with van der Waals surface area (Å²) in [5.74, 6) is -0.193. The SMILES string of the molecule is C[C@@H](C(O)NC1CCc2ccccc2NC1=O)N(C)C(=O)OC(C)(C)C. The number of aryl methyl sites for hydroxylation is 1. The summed E-state index contributed by atoms with van der Waals surface area (Å²) in [5.41, 5.74) is 1.25. The third-order valence-corrected chi connectivity index (χ3v) is 4.42. The van der Waals surface area contributed by atoms with E-state index in [0.29, 0.717) is 6.42 Å². The lowest BCUT2D eigenvalue weighted by molar-refractivity contribution is -0.119. The van der Waals surface area contributed by atoms with Crippen LogP contribution in [0.4, 0.5) is 10.5 Å². The van der Waals surface area contributed by atoms with E-state index in [9.17, 15) is 14.7 Å². The summed E-state index contributed by atoms with van der Waals surface area (Å²) >= 11 is 0. The number of aliphatic hydroxyl groups excluding tert-OH is 1. The highest BCUT2D eigenvalue weighted by Crippen LogP contribution is 2.22. The van der Waals surface area contributed by atoms with Gasteiger partial charge in [0.1, 0.15) is 11.8 Å². The fourth-order valence-corrected chi connectivity index (χ4v) is 2.73. The predicted octanol–water partition coefficient (Wildman–Crippen LogP) is 2.10. The molecule has 2 unspecified atom stereocenters. The number of para-hydroxylation sites is 1. The first-order valence-corrected chi connectivity index (χ1v) is 8.87. The summed E-state index contributed by atoms with van der Waals surface area (Å²) in [6.45, 7) is 7.05. The number of amides is 2. The Morgan fingerprint density at radius 2 is 2.04 bits per heavy atom. The molecule has 1 aromatic rings. The molecule has 7 nitrogen and oxygen atoms in total. The van der Waals surface area contributed by atoms with E-state index in [1.807, 2.05) is 24.3 Å². The van der Waals surface area contributed by atoms with Crippen molar-refractivity contribution in [3.05, 3.63) is 29.8 Å². The maximum atomic E-state index is 12.4. The van der Waals surface area contributed by atoms with Gasteiger partial charge < -0.3 is 20.1 Å². The second kappa shape index (κ2) is 8.05. The molecule has 0 fully saturated rings. The lowest BCUT2D eigenvalue weighted by Gasteiger charge is -2.32. The summed E-state index contributed by atoms with van der Waals surface area (Å²) in [4.78, 5) is 25.9. The molecule has 0 aliphatic carbocycles. The van der Waals surface area contributed by atoms with Gasteiger partial charge in [-0.05, 0) is 52.2 Å². The topological polar surface area (TPSA) is 90.9 Å². The van der Waals surface area contributed by atoms with Crippen molar-refractivity contribution in [2.75, 3.05) is 12.4 Å². The van der Waals surface area contributed by atoms with E-state index < -0.39 is 30.0 Å². The molecule has 0 saturated heterocycles. The number of fused-ring (bicyclic) bond motifs is 1. The molecule has 1 aliphatic heterocycles. The van der Waals surface area contributed by atoms with Crippen molar-refractivity contribution in [1.82, 2.24) is 10.2 Å². The minimum atomic E-state index is -1.07. The van der Waals surface area contributed by atoms with E-state index in [-0.39, 0.29) is 5.91 Å². The third kappa shape index (κ3) is 5.19. The van der Waals surface area contributed by atoms with Crippen LogP contribution >= 0.6 is 0 Å². The van der Waals surface area contributed by atoms with Crippen molar-refractivity contribution in [3.63, 3.8) is 0 Å². The van der Waals surface area contributed by atoms with Crippen LogP contribution < -0.4 is 10.6 Å². The zero-order valence-electron chi connectivity index (χ0n) is 16.1. The number of hydrogen-bond donors (Lipinski definition) is 3. The van der Waals surface area contributed by atoms with Gasteiger partial charge in [-0.3, -0.25) is 10.1 Å². The molecule has 144 valence electrons. The minimum absolute atomic E-state index is 0.193. The van der Waals surface area contributed by atoms with Crippen molar-refractivity contribution >= 4 is 17.7 Å². The number of carbonyl (C=O) groups excluding carboxylic acids is 2. The standard InChI is InChI=1S/C19H29N3O4/c1-12(22(5)18(25)26-19(2,3)4)16(23)21-15-11-10-13-8-6-7-9-14(13)20-17(15)24/h6-9,12,15-16,21,23H,10-11H2,1-5H3,(H,20,24)/t12-,15?,16?/m0/s1. The van der Waals surface area contributed by atoms with Gasteiger partial charge in [0.05, 0.1) is 12.1 Å². The average molecular weight is 363 g/mol. The van der Waals surface area contributed by atoms with Gasteiger partial charge in [-0.15, -0.1) is 0 Å². The van der Waals surface area contributed by atoms with Crippen LogP contribution in [0.25, 0.3) is 0 Å². The Bertz CT molecular complexity index is 656. The number of likely N-dealkylation sites (N-methyl/N-ethyl adjacent to an activating group) is 1. The maximum absolute atomic E-state index is 12.4. The smallest absolute Gasteiger partial charge is 0.410 e. The Kier molecular flexibility index (Phi) is 6.26. The van der Waals surface area contributed by atoms with Crippen LogP contribution in [0.15, 0.2) is 24.3 Å². The molecule has 1 heterocycles. The Balaban J connectivity index is 1.97. The van der Waals surface area contributed by atoms with Crippen molar-refractivity contribution in [3.8, 4) is 0 Å². The third-order valence-electron chi connectivity index (χ3n) is 4.42. The van der Waals surface area contributed by atoms with Crippen LogP contribution in [0.1, 0.15) is 39.7 Å². The highest BCUT2D eigenvalue weighted by Gasteiger charge is 2.31. The Hall–Kier alpha value is -2.12. The number of nitrogens with one attached hydrogen (secondary N) is 2. The van der Waals surface area contributed by atoms with Crippen molar-refractivity contribution < 1.29 is 19.4 Å². The van der Waals surface area contributed by atoms with Gasteiger partial charge in [0.2, 0.25) is 5.91 Å². The van der Waals surface area contributed by atoms with Gasteiger partial charge >= 0.3 is 6.09 Å². The molecule has 2 amide bonds. The van der Waals surface area contributed by atoms with Gasteiger partial charge in [0.25, 0.3) is 0 Å². The van der Waals surface area contributed by atoms with Crippen LogP contribution in [-0.4, -0.2) is 53.0 Å². The summed E-state index contributed by atoms with van der Waals surface area (Å²) in [5, 5.41) is 16.3. The fourth-order valence-electron chi connectivity index (χ4n) is 2.73. The quantitative estimate of drug-likeness (QED) is 0.713. The Labute approximate surface area is 154 Å². The first-order valence-electron chi connectivity index (χ1n) is 8.87. The maximum Gasteiger partial charge on any atom is 0.410 e. The zero-order chi connectivity index (χ0) is 19.5. The van der Waals surface area contributed by atoms with E-state index in [2.05, 4.69) is 10.6 Å². The number of ether oxygens (including phenoxy) is 1. The predicted molar refractivity (Wildman–Crippen MR) is 99.8 cm³/mol. The largest absolute Gasteiger partial charge is 0.444 e. The highest BCUT2D eigenvalue weighted by molar-refractivity contribution is 5.96. The molecule has 26 heavy (non-hydrogen) atoms. The van der Waals surface area contributed by atoms with Crippen molar-refractivity contribution in [1.29, 1.82) is 0 Å². The number of carbonyl (C=O) groups is 2. The molecule has 0 aromatic heterocycles. The second-order valence-electron chi connectivity index (χ2n) is 7.68. The number of aliphatic hydroxyl groups is 1. The van der Waals surface area contributed by atoms with Gasteiger partial charge in [0, 0.05) is 12.7 Å². The molecule has 1 aliphatic rings. The van der Waals surface area contributed by atoms with Gasteiger partial charge in [-0.2, -0.15) is 0 Å². The van der Waals surface area contributed by atoms with Crippen molar-refractivity contribution in [2.24, 2.45) is 0 Å². The number of rotatable bonds is 4. The van der Waals surface area contributed by atoms with E-state index in [1.165, 1.54) is 4.90 Å². The first-order chi connectivity index (χ1) is 12.1. The zero-order valence-corrected chi connectivity index (χ0v) is 16.1. The highest BCUT2D eigenvalue weighted by atomic mass is 16.6. The molecule has 0 bridgehead atoms. The van der Waals surface area contributed by atoms with Gasteiger partial charge in [-0.1, -0.05) is 18.2 Å². The molecule has 0 spiro atoms. The minimum Gasteiger partial charge on any atom is -0.444 e. The molecule has 0 radical (unpaired) electrons. The van der Waals surface area contributed by atoms with E-state index in [4.69, 9.17) is 4.74 Å². The molecule has 2 rings (SSSR count).